The molecule has 1 heteroatoms. The van der Waals surface area contributed by atoms with Gasteiger partial charge in [0.1, 0.15) is 0 Å². The Labute approximate surface area is 95.5 Å². The van der Waals surface area contributed by atoms with Crippen LogP contribution in [0.15, 0.2) is 23.4 Å². The monoisotopic (exact) mass is 220 g/mol. The fraction of sp³-hybridized carbons (Fsp3) is 0.714. The SMILES string of the molecule is CCCCC1C=CC([Si]2(CC)CCC2)=C1. The van der Waals surface area contributed by atoms with Crippen LogP contribution in [0, 0.1) is 5.92 Å². The predicted octanol–water partition coefficient (Wildman–Crippen LogP) is 4.70. The highest BCUT2D eigenvalue weighted by Crippen LogP contribution is 2.44. The summed E-state index contributed by atoms with van der Waals surface area (Å²) < 4.78 is 0. The summed E-state index contributed by atoms with van der Waals surface area (Å²) in [6.45, 7) is 4.71. The predicted molar refractivity (Wildman–Crippen MR) is 70.7 cm³/mol. The lowest BCUT2D eigenvalue weighted by Crippen LogP contribution is -2.42. The van der Waals surface area contributed by atoms with Gasteiger partial charge in [0.25, 0.3) is 0 Å². The van der Waals surface area contributed by atoms with Crippen LogP contribution in [0.2, 0.25) is 18.1 Å². The molecular weight excluding hydrogens is 196 g/mol. The van der Waals surface area contributed by atoms with E-state index in [1.165, 1.54) is 31.7 Å². The zero-order valence-electron chi connectivity index (χ0n) is 10.3. The van der Waals surface area contributed by atoms with E-state index in [1.54, 1.807) is 17.3 Å². The van der Waals surface area contributed by atoms with Crippen molar-refractivity contribution < 1.29 is 0 Å². The Morgan fingerprint density at radius 3 is 2.67 bits per heavy atom. The van der Waals surface area contributed by atoms with Crippen LogP contribution in [-0.2, 0) is 0 Å². The van der Waals surface area contributed by atoms with Crippen molar-refractivity contribution in [3.8, 4) is 0 Å². The zero-order chi connectivity index (χ0) is 10.7. The van der Waals surface area contributed by atoms with Gasteiger partial charge in [-0.1, -0.05) is 74.7 Å². The zero-order valence-corrected chi connectivity index (χ0v) is 11.3. The molecule has 1 atom stereocenters. The summed E-state index contributed by atoms with van der Waals surface area (Å²) in [7, 11) is -0.890. The van der Waals surface area contributed by atoms with E-state index < -0.39 is 8.07 Å². The molecule has 0 bridgehead atoms. The van der Waals surface area contributed by atoms with E-state index in [-0.39, 0.29) is 0 Å². The molecule has 0 radical (unpaired) electrons. The molecule has 1 aliphatic heterocycles. The minimum Gasteiger partial charge on any atom is -0.0783 e. The molecule has 1 aliphatic carbocycles. The summed E-state index contributed by atoms with van der Waals surface area (Å²) in [6, 6.07) is 4.62. The standard InChI is InChI=1S/C14H24Si/c1-3-5-7-13-8-9-14(12-13)15(4-2)10-6-11-15/h8-9,12-13H,3-7,10-11H2,1-2H3. The van der Waals surface area contributed by atoms with Gasteiger partial charge >= 0.3 is 0 Å². The van der Waals surface area contributed by atoms with Crippen LogP contribution in [0.3, 0.4) is 0 Å². The third-order valence-corrected chi connectivity index (χ3v) is 9.94. The molecule has 0 nitrogen and oxygen atoms in total. The van der Waals surface area contributed by atoms with E-state index in [1.807, 2.05) is 0 Å². The van der Waals surface area contributed by atoms with Gasteiger partial charge < -0.3 is 0 Å². The van der Waals surface area contributed by atoms with Crippen molar-refractivity contribution in [3.63, 3.8) is 0 Å². The molecule has 0 aromatic rings. The number of hydrogen-bond acceptors (Lipinski definition) is 0. The van der Waals surface area contributed by atoms with Crippen molar-refractivity contribution in [3.05, 3.63) is 23.4 Å². The molecule has 2 rings (SSSR count). The van der Waals surface area contributed by atoms with Gasteiger partial charge in [-0.2, -0.15) is 0 Å². The molecule has 0 aromatic carbocycles. The Morgan fingerprint density at radius 1 is 1.33 bits per heavy atom. The molecule has 1 fully saturated rings. The van der Waals surface area contributed by atoms with Gasteiger partial charge in [0.2, 0.25) is 0 Å². The van der Waals surface area contributed by atoms with Crippen molar-refractivity contribution in [2.45, 2.75) is 57.7 Å². The molecule has 0 saturated carbocycles. The highest BCUT2D eigenvalue weighted by Gasteiger charge is 2.40. The molecule has 0 amide bonds. The third-order valence-electron chi connectivity index (χ3n) is 4.41. The molecular formula is C14H24Si. The van der Waals surface area contributed by atoms with Crippen LogP contribution in [-0.4, -0.2) is 8.07 Å². The van der Waals surface area contributed by atoms with Crippen LogP contribution >= 0.6 is 0 Å². The lowest BCUT2D eigenvalue weighted by Gasteiger charge is -2.40. The highest BCUT2D eigenvalue weighted by atomic mass is 28.3. The molecule has 0 N–H and O–H groups in total. The summed E-state index contributed by atoms with van der Waals surface area (Å²) in [5.74, 6) is 0.788. The molecule has 1 unspecified atom stereocenters. The molecule has 84 valence electrons. The van der Waals surface area contributed by atoms with Crippen molar-refractivity contribution in [2.75, 3.05) is 0 Å². The molecule has 0 aromatic heterocycles. The second kappa shape index (κ2) is 4.69. The second-order valence-electron chi connectivity index (χ2n) is 5.27. The number of unbranched alkanes of at least 4 members (excludes halogenated alkanes) is 1. The van der Waals surface area contributed by atoms with Gasteiger partial charge in [-0.05, 0) is 12.3 Å². The normalized spacial score (nSPS) is 27.6. The van der Waals surface area contributed by atoms with Crippen LogP contribution in [0.1, 0.15) is 39.5 Å². The van der Waals surface area contributed by atoms with E-state index >= 15 is 0 Å². The first-order valence-corrected chi connectivity index (χ1v) is 9.33. The average molecular weight is 220 g/mol. The summed E-state index contributed by atoms with van der Waals surface area (Å²) in [5, 5.41) is 1.80. The first-order valence-electron chi connectivity index (χ1n) is 6.71. The number of rotatable bonds is 5. The highest BCUT2D eigenvalue weighted by molar-refractivity contribution is 6.89. The molecule has 15 heavy (non-hydrogen) atoms. The van der Waals surface area contributed by atoms with Crippen molar-refractivity contribution in [1.29, 1.82) is 0 Å². The summed E-state index contributed by atoms with van der Waals surface area (Å²) >= 11 is 0. The molecule has 1 heterocycles. The summed E-state index contributed by atoms with van der Waals surface area (Å²) in [5.41, 5.74) is 0. The maximum Gasteiger partial charge on any atom is 0.0860 e. The Morgan fingerprint density at radius 2 is 2.13 bits per heavy atom. The number of hydrogen-bond donors (Lipinski definition) is 0. The smallest absolute Gasteiger partial charge is 0.0783 e. The van der Waals surface area contributed by atoms with Crippen molar-refractivity contribution >= 4 is 8.07 Å². The fourth-order valence-electron chi connectivity index (χ4n) is 2.99. The largest absolute Gasteiger partial charge is 0.0860 e. The van der Waals surface area contributed by atoms with Crippen LogP contribution in [0.4, 0.5) is 0 Å². The van der Waals surface area contributed by atoms with E-state index in [0.717, 1.165) is 5.92 Å². The van der Waals surface area contributed by atoms with Gasteiger partial charge in [-0.25, -0.2) is 0 Å². The average Bonchev–Trinajstić information content (AvgIpc) is 2.63. The molecule has 1 saturated heterocycles. The van der Waals surface area contributed by atoms with E-state index in [2.05, 4.69) is 32.1 Å². The first kappa shape index (κ1) is 11.2. The Hall–Kier alpha value is -0.303. The first-order chi connectivity index (χ1) is 7.30. The molecule has 2 aliphatic rings. The maximum atomic E-state index is 2.62. The Balaban J connectivity index is 1.97. The fourth-order valence-corrected chi connectivity index (χ4v) is 6.91. The summed E-state index contributed by atoms with van der Waals surface area (Å²) in [6.07, 6.45) is 13.2. The second-order valence-corrected chi connectivity index (χ2v) is 10.1. The number of allylic oxidation sites excluding steroid dienone is 4. The van der Waals surface area contributed by atoms with Gasteiger partial charge in [-0.3, -0.25) is 0 Å². The van der Waals surface area contributed by atoms with Crippen LogP contribution in [0.25, 0.3) is 0 Å². The topological polar surface area (TPSA) is 0 Å². The van der Waals surface area contributed by atoms with Crippen LogP contribution < -0.4 is 0 Å². The van der Waals surface area contributed by atoms with Crippen molar-refractivity contribution in [1.82, 2.24) is 0 Å². The van der Waals surface area contributed by atoms with Crippen LogP contribution in [0.5, 0.6) is 0 Å². The van der Waals surface area contributed by atoms with Gasteiger partial charge in [-0.15, -0.1) is 0 Å². The summed E-state index contributed by atoms with van der Waals surface area (Å²) in [4.78, 5) is 0. The minimum absolute atomic E-state index is 0.788. The quantitative estimate of drug-likeness (QED) is 0.589. The Kier molecular flexibility index (Phi) is 3.50. The van der Waals surface area contributed by atoms with Gasteiger partial charge in [0, 0.05) is 0 Å². The van der Waals surface area contributed by atoms with Crippen molar-refractivity contribution in [2.24, 2.45) is 5.92 Å². The maximum absolute atomic E-state index is 2.62. The van der Waals surface area contributed by atoms with E-state index in [9.17, 15) is 0 Å². The van der Waals surface area contributed by atoms with E-state index in [0.29, 0.717) is 0 Å². The van der Waals surface area contributed by atoms with Gasteiger partial charge in [0.05, 0.1) is 8.07 Å². The minimum atomic E-state index is -0.890. The van der Waals surface area contributed by atoms with Gasteiger partial charge in [0.15, 0.2) is 0 Å². The van der Waals surface area contributed by atoms with E-state index in [4.69, 9.17) is 0 Å². The Bertz CT molecular complexity index is 266. The lowest BCUT2D eigenvalue weighted by molar-refractivity contribution is 0.646. The third kappa shape index (κ3) is 2.12. The lowest BCUT2D eigenvalue weighted by atomic mass is 10.0. The molecule has 0 spiro atoms.